The average Bonchev–Trinajstić information content (AvgIpc) is 3.54. The minimum atomic E-state index is -0.201. The van der Waals surface area contributed by atoms with Crippen molar-refractivity contribution in [2.24, 2.45) is 11.7 Å². The summed E-state index contributed by atoms with van der Waals surface area (Å²) in [6.45, 7) is 7.37. The van der Waals surface area contributed by atoms with Crippen molar-refractivity contribution in [2.45, 2.75) is 39.0 Å². The van der Waals surface area contributed by atoms with Crippen LogP contribution in [-0.2, 0) is 11.2 Å². The molecular weight excluding hydrogens is 450 g/mol. The number of hydrogen-bond acceptors (Lipinski definition) is 5. The van der Waals surface area contributed by atoms with Crippen molar-refractivity contribution in [2.75, 3.05) is 51.8 Å². The van der Waals surface area contributed by atoms with E-state index in [0.29, 0.717) is 0 Å². The number of likely N-dealkylation sites (tertiary alicyclic amines) is 1. The summed E-state index contributed by atoms with van der Waals surface area (Å²) < 4.78 is 10.6. The molecule has 0 aromatic heterocycles. The summed E-state index contributed by atoms with van der Waals surface area (Å²) in [7, 11) is 3.36. The molecule has 1 unspecified atom stereocenters. The molecule has 2 N–H and O–H groups in total. The van der Waals surface area contributed by atoms with E-state index in [1.54, 1.807) is 14.2 Å². The van der Waals surface area contributed by atoms with Crippen LogP contribution >= 0.6 is 11.6 Å². The van der Waals surface area contributed by atoms with Gasteiger partial charge in [0.15, 0.2) is 11.5 Å². The summed E-state index contributed by atoms with van der Waals surface area (Å²) in [6, 6.07) is 12.1. The number of anilines is 1. The molecule has 0 spiro atoms. The lowest BCUT2D eigenvalue weighted by molar-refractivity contribution is -0.121. The number of nitrogens with two attached hydrogens (primary N) is 1. The molecule has 4 rings (SSSR count). The van der Waals surface area contributed by atoms with Gasteiger partial charge < -0.3 is 25.0 Å². The zero-order chi connectivity index (χ0) is 24.5. The van der Waals surface area contributed by atoms with Gasteiger partial charge in [0, 0.05) is 23.8 Å². The number of aryl methyl sites for hydroxylation is 2. The van der Waals surface area contributed by atoms with Gasteiger partial charge in [0.2, 0.25) is 5.91 Å². The number of primary amides is 1. The molecule has 2 aromatic carbocycles. The third kappa shape index (κ3) is 7.28. The Balaban J connectivity index is 0.000000192. The molecule has 2 aromatic rings. The van der Waals surface area contributed by atoms with E-state index in [1.807, 2.05) is 31.2 Å². The number of hydrogen-bond donors (Lipinski definition) is 1. The molecule has 6 nitrogen and oxygen atoms in total. The van der Waals surface area contributed by atoms with E-state index in [4.69, 9.17) is 26.8 Å². The van der Waals surface area contributed by atoms with E-state index in [2.05, 4.69) is 21.9 Å². The van der Waals surface area contributed by atoms with Crippen LogP contribution in [0.5, 0.6) is 11.5 Å². The first-order valence-electron chi connectivity index (χ1n) is 12.1. The number of carbonyl (C=O) groups excluding carboxylic acids is 1. The molecule has 2 aliphatic rings. The average molecular weight is 488 g/mol. The number of amides is 1. The lowest BCUT2D eigenvalue weighted by Gasteiger charge is -2.19. The Morgan fingerprint density at radius 2 is 1.79 bits per heavy atom. The number of ether oxygens (including phenoxy) is 2. The van der Waals surface area contributed by atoms with Crippen LogP contribution in [0.15, 0.2) is 36.4 Å². The predicted molar refractivity (Wildman–Crippen MR) is 139 cm³/mol. The van der Waals surface area contributed by atoms with Gasteiger partial charge in [-0.2, -0.15) is 0 Å². The van der Waals surface area contributed by atoms with Gasteiger partial charge in [0.05, 0.1) is 20.1 Å². The highest BCUT2D eigenvalue weighted by Crippen LogP contribution is 2.28. The molecular formula is C27H38ClN3O3. The summed E-state index contributed by atoms with van der Waals surface area (Å²) in [5.41, 5.74) is 8.80. The molecule has 0 saturated carbocycles. The highest BCUT2D eigenvalue weighted by molar-refractivity contribution is 6.31. The molecule has 2 fully saturated rings. The second-order valence-corrected chi connectivity index (χ2v) is 9.52. The first-order valence-corrected chi connectivity index (χ1v) is 12.5. The highest BCUT2D eigenvalue weighted by atomic mass is 35.5. The second kappa shape index (κ2) is 12.9. The Bertz CT molecular complexity index is 947. The molecule has 7 heteroatoms. The van der Waals surface area contributed by atoms with E-state index in [-0.39, 0.29) is 11.8 Å². The van der Waals surface area contributed by atoms with E-state index in [0.717, 1.165) is 53.7 Å². The van der Waals surface area contributed by atoms with Crippen molar-refractivity contribution in [1.29, 1.82) is 0 Å². The van der Waals surface area contributed by atoms with Gasteiger partial charge in [-0.3, -0.25) is 4.79 Å². The fraction of sp³-hybridized carbons (Fsp3) is 0.519. The molecule has 2 saturated heterocycles. The van der Waals surface area contributed by atoms with Gasteiger partial charge in [-0.05, 0) is 100 Å². The smallest absolute Gasteiger partial charge is 0.222 e. The highest BCUT2D eigenvalue weighted by Gasteiger charge is 2.26. The predicted octanol–water partition coefficient (Wildman–Crippen LogP) is 4.69. The molecule has 0 bridgehead atoms. The number of nitrogens with zero attached hydrogens (tertiary/aromatic N) is 2. The molecule has 0 aliphatic carbocycles. The Kier molecular flexibility index (Phi) is 9.90. The van der Waals surface area contributed by atoms with Crippen LogP contribution in [0.4, 0.5) is 5.69 Å². The molecule has 34 heavy (non-hydrogen) atoms. The third-order valence-corrected chi connectivity index (χ3v) is 7.11. The van der Waals surface area contributed by atoms with Gasteiger partial charge in [0.1, 0.15) is 0 Å². The van der Waals surface area contributed by atoms with Crippen molar-refractivity contribution >= 4 is 23.2 Å². The molecule has 1 atom stereocenters. The van der Waals surface area contributed by atoms with Gasteiger partial charge in [-0.15, -0.1) is 0 Å². The lowest BCUT2D eigenvalue weighted by atomic mass is 10.1. The topological polar surface area (TPSA) is 68.0 Å². The monoisotopic (exact) mass is 487 g/mol. The zero-order valence-corrected chi connectivity index (χ0v) is 21.4. The van der Waals surface area contributed by atoms with Crippen molar-refractivity contribution < 1.29 is 14.3 Å². The fourth-order valence-electron chi connectivity index (χ4n) is 4.60. The van der Waals surface area contributed by atoms with E-state index < -0.39 is 0 Å². The van der Waals surface area contributed by atoms with Crippen LogP contribution in [0, 0.1) is 12.8 Å². The normalized spacial score (nSPS) is 17.9. The SMILES string of the molecule is COc1ccc(CCCN2CCCC2)cc1OC.Cc1cc(N2CCC(C(N)=O)C2)ccc1Cl. The maximum atomic E-state index is 11.1. The van der Waals surface area contributed by atoms with Crippen LogP contribution < -0.4 is 20.1 Å². The van der Waals surface area contributed by atoms with Crippen molar-refractivity contribution in [1.82, 2.24) is 4.90 Å². The summed E-state index contributed by atoms with van der Waals surface area (Å²) in [5.74, 6) is 1.42. The first kappa shape index (κ1) is 26.2. The zero-order valence-electron chi connectivity index (χ0n) is 20.7. The van der Waals surface area contributed by atoms with Gasteiger partial charge in [0.25, 0.3) is 0 Å². The number of rotatable bonds is 8. The van der Waals surface area contributed by atoms with Crippen molar-refractivity contribution in [3.05, 3.63) is 52.5 Å². The minimum absolute atomic E-state index is 0.0176. The number of halogens is 1. The van der Waals surface area contributed by atoms with Crippen molar-refractivity contribution in [3.63, 3.8) is 0 Å². The van der Waals surface area contributed by atoms with Crippen LogP contribution in [0.2, 0.25) is 5.02 Å². The van der Waals surface area contributed by atoms with Crippen molar-refractivity contribution in [3.8, 4) is 11.5 Å². The van der Waals surface area contributed by atoms with E-state index in [9.17, 15) is 4.79 Å². The largest absolute Gasteiger partial charge is 0.493 e. The van der Waals surface area contributed by atoms with Gasteiger partial charge >= 0.3 is 0 Å². The summed E-state index contributed by atoms with van der Waals surface area (Å²) in [4.78, 5) is 15.8. The quantitative estimate of drug-likeness (QED) is 0.585. The summed E-state index contributed by atoms with van der Waals surface area (Å²) >= 11 is 5.97. The minimum Gasteiger partial charge on any atom is -0.493 e. The Labute approximate surface area is 209 Å². The van der Waals surface area contributed by atoms with Crippen LogP contribution in [0.25, 0.3) is 0 Å². The van der Waals surface area contributed by atoms with E-state index in [1.165, 1.54) is 44.5 Å². The fourth-order valence-corrected chi connectivity index (χ4v) is 4.72. The van der Waals surface area contributed by atoms with Gasteiger partial charge in [-0.1, -0.05) is 17.7 Å². The number of methoxy groups -OCH3 is 2. The standard InChI is InChI=1S/C15H23NO2.C12H15ClN2O/c1-17-14-8-7-13(12-15(14)18-2)6-5-11-16-9-3-4-10-16;1-8-6-10(2-3-11(8)13)15-5-4-9(7-15)12(14)16/h7-8,12H,3-6,9-11H2,1-2H3;2-3,6,9H,4-5,7H2,1H3,(H2,14,16). The maximum Gasteiger partial charge on any atom is 0.222 e. The van der Waals surface area contributed by atoms with E-state index >= 15 is 0 Å². The molecule has 2 aliphatic heterocycles. The summed E-state index contributed by atoms with van der Waals surface area (Å²) in [5, 5.41) is 0.773. The molecule has 2 heterocycles. The summed E-state index contributed by atoms with van der Waals surface area (Å²) in [6.07, 6.45) is 5.91. The molecule has 186 valence electrons. The first-order chi connectivity index (χ1) is 16.4. The molecule has 0 radical (unpaired) electrons. The number of benzene rings is 2. The Morgan fingerprint density at radius 1 is 1.06 bits per heavy atom. The lowest BCUT2D eigenvalue weighted by Crippen LogP contribution is -2.27. The van der Waals surface area contributed by atoms with Gasteiger partial charge in [-0.25, -0.2) is 0 Å². The van der Waals surface area contributed by atoms with Crippen LogP contribution in [-0.4, -0.2) is 57.8 Å². The molecule has 1 amide bonds. The number of carbonyl (C=O) groups is 1. The second-order valence-electron chi connectivity index (χ2n) is 9.11. The third-order valence-electron chi connectivity index (χ3n) is 6.68. The Morgan fingerprint density at radius 3 is 2.41 bits per heavy atom. The van der Waals surface area contributed by atoms with Crippen LogP contribution in [0.3, 0.4) is 0 Å². The Hall–Kier alpha value is -2.44. The van der Waals surface area contributed by atoms with Crippen LogP contribution in [0.1, 0.15) is 36.8 Å². The maximum absolute atomic E-state index is 11.1.